The Kier molecular flexibility index (Phi) is 4.50. The van der Waals surface area contributed by atoms with E-state index in [1.165, 1.54) is 31.3 Å². The summed E-state index contributed by atoms with van der Waals surface area (Å²) >= 11 is 1.01. The fourth-order valence-electron chi connectivity index (χ4n) is 1.60. The molecule has 0 radical (unpaired) electrons. The third-order valence-corrected chi connectivity index (χ3v) is 5.29. The van der Waals surface area contributed by atoms with Crippen molar-refractivity contribution in [2.24, 2.45) is 0 Å². The lowest BCUT2D eigenvalue weighted by Gasteiger charge is -2.10. The van der Waals surface area contributed by atoms with Crippen LogP contribution in [0.4, 0.5) is 14.5 Å². The van der Waals surface area contributed by atoms with E-state index < -0.39 is 21.7 Å². The van der Waals surface area contributed by atoms with Gasteiger partial charge in [-0.1, -0.05) is 11.8 Å². The third-order valence-electron chi connectivity index (χ3n) is 2.64. The Bertz CT molecular complexity index is 780. The molecule has 0 spiro atoms. The van der Waals surface area contributed by atoms with E-state index in [1.807, 2.05) is 0 Å². The van der Waals surface area contributed by atoms with Gasteiger partial charge >= 0.3 is 0 Å². The highest BCUT2D eigenvalue weighted by Crippen LogP contribution is 2.34. The summed E-state index contributed by atoms with van der Waals surface area (Å²) < 4.78 is 52.3. The first-order valence-electron chi connectivity index (χ1n) is 5.79. The number of nitrogen functional groups attached to an aromatic ring is 1. The SMILES string of the molecule is CNS(=O)(=O)c1cc(N)ccc1Sc1ccc(F)c(F)c1. The van der Waals surface area contributed by atoms with Crippen molar-refractivity contribution in [1.82, 2.24) is 4.72 Å². The number of nitrogens with two attached hydrogens (primary N) is 1. The summed E-state index contributed by atoms with van der Waals surface area (Å²) in [4.78, 5) is 0.732. The van der Waals surface area contributed by atoms with Gasteiger partial charge in [-0.05, 0) is 43.4 Å². The van der Waals surface area contributed by atoms with Crippen molar-refractivity contribution in [2.45, 2.75) is 14.7 Å². The van der Waals surface area contributed by atoms with Crippen LogP contribution >= 0.6 is 11.8 Å². The van der Waals surface area contributed by atoms with Crippen LogP contribution in [0.25, 0.3) is 0 Å². The zero-order chi connectivity index (χ0) is 15.6. The van der Waals surface area contributed by atoms with Gasteiger partial charge in [0, 0.05) is 15.5 Å². The summed E-state index contributed by atoms with van der Waals surface area (Å²) in [5.41, 5.74) is 5.90. The second-order valence-electron chi connectivity index (χ2n) is 4.09. The number of benzene rings is 2. The van der Waals surface area contributed by atoms with Gasteiger partial charge in [0.2, 0.25) is 10.0 Å². The minimum Gasteiger partial charge on any atom is -0.399 e. The van der Waals surface area contributed by atoms with Crippen molar-refractivity contribution in [3.05, 3.63) is 48.0 Å². The maximum atomic E-state index is 13.2. The first-order chi connectivity index (χ1) is 9.83. The normalized spacial score (nSPS) is 11.6. The Hall–Kier alpha value is -1.64. The Morgan fingerprint density at radius 2 is 1.81 bits per heavy atom. The highest BCUT2D eigenvalue weighted by Gasteiger charge is 2.18. The summed E-state index contributed by atoms with van der Waals surface area (Å²) in [6.07, 6.45) is 0. The monoisotopic (exact) mass is 330 g/mol. The molecule has 0 aliphatic carbocycles. The first-order valence-corrected chi connectivity index (χ1v) is 8.09. The minimum absolute atomic E-state index is 0.0141. The predicted molar refractivity (Wildman–Crippen MR) is 77.6 cm³/mol. The molecular formula is C13H12F2N2O2S2. The van der Waals surface area contributed by atoms with E-state index in [4.69, 9.17) is 5.73 Å². The number of sulfonamides is 1. The van der Waals surface area contributed by atoms with Crippen molar-refractivity contribution in [2.75, 3.05) is 12.8 Å². The van der Waals surface area contributed by atoms with Crippen LogP contribution in [-0.2, 0) is 10.0 Å². The fraction of sp³-hybridized carbons (Fsp3) is 0.0769. The van der Waals surface area contributed by atoms with Crippen LogP contribution < -0.4 is 10.5 Å². The summed E-state index contributed by atoms with van der Waals surface area (Å²) in [5, 5.41) is 0. The van der Waals surface area contributed by atoms with E-state index in [-0.39, 0.29) is 4.90 Å². The van der Waals surface area contributed by atoms with Crippen molar-refractivity contribution < 1.29 is 17.2 Å². The zero-order valence-corrected chi connectivity index (χ0v) is 12.6. The van der Waals surface area contributed by atoms with Crippen LogP contribution in [0.1, 0.15) is 0 Å². The molecule has 21 heavy (non-hydrogen) atoms. The summed E-state index contributed by atoms with van der Waals surface area (Å²) in [7, 11) is -2.43. The molecule has 2 aromatic rings. The lowest BCUT2D eigenvalue weighted by Crippen LogP contribution is -2.19. The third kappa shape index (κ3) is 3.52. The molecule has 8 heteroatoms. The Morgan fingerprint density at radius 3 is 2.43 bits per heavy atom. The van der Waals surface area contributed by atoms with Gasteiger partial charge in [0.05, 0.1) is 4.90 Å². The molecule has 2 aromatic carbocycles. The molecule has 0 bridgehead atoms. The number of anilines is 1. The lowest BCUT2D eigenvalue weighted by atomic mass is 10.3. The quantitative estimate of drug-likeness (QED) is 0.845. The van der Waals surface area contributed by atoms with Gasteiger partial charge in [0.15, 0.2) is 11.6 Å². The molecule has 0 aliphatic heterocycles. The van der Waals surface area contributed by atoms with Crippen LogP contribution in [0.15, 0.2) is 51.1 Å². The topological polar surface area (TPSA) is 72.2 Å². The van der Waals surface area contributed by atoms with Crippen molar-refractivity contribution >= 4 is 27.5 Å². The molecule has 0 unspecified atom stereocenters. The predicted octanol–water partition coefficient (Wildman–Crippen LogP) is 2.61. The van der Waals surface area contributed by atoms with Crippen molar-refractivity contribution in [1.29, 1.82) is 0 Å². The molecule has 4 nitrogen and oxygen atoms in total. The largest absolute Gasteiger partial charge is 0.399 e. The van der Waals surface area contributed by atoms with Crippen molar-refractivity contribution in [3.63, 3.8) is 0 Å². The van der Waals surface area contributed by atoms with E-state index in [0.717, 1.165) is 23.9 Å². The Balaban J connectivity index is 2.47. The van der Waals surface area contributed by atoms with Crippen LogP contribution in [0, 0.1) is 11.6 Å². The average molecular weight is 330 g/mol. The van der Waals surface area contributed by atoms with Gasteiger partial charge in [0.25, 0.3) is 0 Å². The van der Waals surface area contributed by atoms with E-state index >= 15 is 0 Å². The molecule has 0 aliphatic rings. The van der Waals surface area contributed by atoms with Crippen molar-refractivity contribution in [3.8, 4) is 0 Å². The van der Waals surface area contributed by atoms with E-state index in [9.17, 15) is 17.2 Å². The van der Waals surface area contributed by atoms with Gasteiger partial charge in [-0.3, -0.25) is 0 Å². The molecule has 0 heterocycles. The summed E-state index contributed by atoms with van der Waals surface area (Å²) in [6.45, 7) is 0. The maximum Gasteiger partial charge on any atom is 0.241 e. The molecule has 0 amide bonds. The van der Waals surface area contributed by atoms with E-state index in [2.05, 4.69) is 4.72 Å². The molecule has 0 fully saturated rings. The summed E-state index contributed by atoms with van der Waals surface area (Å²) in [6, 6.07) is 7.74. The molecule has 3 N–H and O–H groups in total. The molecule has 0 saturated carbocycles. The van der Waals surface area contributed by atoms with E-state index in [1.54, 1.807) is 0 Å². The molecule has 0 atom stereocenters. The fourth-order valence-corrected chi connectivity index (χ4v) is 3.74. The van der Waals surface area contributed by atoms with Gasteiger partial charge in [-0.2, -0.15) is 0 Å². The van der Waals surface area contributed by atoms with E-state index in [0.29, 0.717) is 15.5 Å². The molecule has 112 valence electrons. The smallest absolute Gasteiger partial charge is 0.241 e. The summed E-state index contributed by atoms with van der Waals surface area (Å²) in [5.74, 6) is -1.95. The van der Waals surface area contributed by atoms with Crippen LogP contribution in [0.3, 0.4) is 0 Å². The molecule has 0 saturated heterocycles. The highest BCUT2D eigenvalue weighted by molar-refractivity contribution is 8.00. The number of hydrogen-bond acceptors (Lipinski definition) is 4. The molecule has 2 rings (SSSR count). The second kappa shape index (κ2) is 6.00. The van der Waals surface area contributed by atoms with Gasteiger partial charge in [-0.15, -0.1) is 0 Å². The zero-order valence-electron chi connectivity index (χ0n) is 10.9. The average Bonchev–Trinajstić information content (AvgIpc) is 2.44. The van der Waals surface area contributed by atoms with Gasteiger partial charge in [-0.25, -0.2) is 21.9 Å². The Labute approximate surface area is 125 Å². The van der Waals surface area contributed by atoms with Crippen LogP contribution in [0.2, 0.25) is 0 Å². The maximum absolute atomic E-state index is 13.2. The second-order valence-corrected chi connectivity index (χ2v) is 7.06. The number of rotatable bonds is 4. The molecule has 0 aromatic heterocycles. The van der Waals surface area contributed by atoms with Gasteiger partial charge in [0.1, 0.15) is 0 Å². The lowest BCUT2D eigenvalue weighted by molar-refractivity contribution is 0.506. The number of halogens is 2. The first kappa shape index (κ1) is 15.7. The Morgan fingerprint density at radius 1 is 1.10 bits per heavy atom. The highest BCUT2D eigenvalue weighted by atomic mass is 32.2. The molecular weight excluding hydrogens is 318 g/mol. The van der Waals surface area contributed by atoms with Crippen LogP contribution in [0.5, 0.6) is 0 Å². The van der Waals surface area contributed by atoms with Crippen LogP contribution in [-0.4, -0.2) is 15.5 Å². The van der Waals surface area contributed by atoms with Gasteiger partial charge < -0.3 is 5.73 Å². The number of nitrogens with one attached hydrogen (secondary N) is 1. The standard InChI is InChI=1S/C13H12F2N2O2S2/c1-17-21(18,19)13-6-8(16)2-5-12(13)20-9-3-4-10(14)11(15)7-9/h2-7,17H,16H2,1H3. The minimum atomic E-state index is -3.71. The number of hydrogen-bond donors (Lipinski definition) is 2.